The molecule has 0 radical (unpaired) electrons. The van der Waals surface area contributed by atoms with Crippen LogP contribution in [0.5, 0.6) is 0 Å². The normalized spacial score (nSPS) is 32.2. The molecule has 0 aliphatic carbocycles. The smallest absolute Gasteiger partial charge is 0.237 e. The van der Waals surface area contributed by atoms with E-state index < -0.39 is 0 Å². The molecule has 3 aliphatic heterocycles. The van der Waals surface area contributed by atoms with Crippen LogP contribution in [0.2, 0.25) is 0 Å². The molecule has 21 heavy (non-hydrogen) atoms. The van der Waals surface area contributed by atoms with Gasteiger partial charge in [-0.2, -0.15) is 0 Å². The van der Waals surface area contributed by atoms with Gasteiger partial charge in [0.25, 0.3) is 0 Å². The SMILES string of the molecule is CC1C2CNCC2CN1CC(=O)N1CCc2sccc2C1. The van der Waals surface area contributed by atoms with Crippen LogP contribution in [0, 0.1) is 11.8 Å². The Morgan fingerprint density at radius 2 is 2.38 bits per heavy atom. The minimum Gasteiger partial charge on any atom is -0.337 e. The van der Waals surface area contributed by atoms with Gasteiger partial charge in [-0.1, -0.05) is 0 Å². The molecule has 3 aliphatic rings. The second-order valence-corrected chi connectivity index (χ2v) is 7.69. The predicted molar refractivity (Wildman–Crippen MR) is 84.3 cm³/mol. The van der Waals surface area contributed by atoms with Gasteiger partial charge >= 0.3 is 0 Å². The fourth-order valence-electron chi connectivity index (χ4n) is 4.20. The molecule has 2 saturated heterocycles. The Kier molecular flexibility index (Phi) is 3.52. The van der Waals surface area contributed by atoms with Gasteiger partial charge in [-0.3, -0.25) is 9.69 Å². The van der Waals surface area contributed by atoms with Gasteiger partial charge in [-0.25, -0.2) is 0 Å². The van der Waals surface area contributed by atoms with Crippen molar-refractivity contribution in [2.24, 2.45) is 11.8 Å². The van der Waals surface area contributed by atoms with Crippen molar-refractivity contribution in [1.82, 2.24) is 15.1 Å². The van der Waals surface area contributed by atoms with Crippen LogP contribution in [0.25, 0.3) is 0 Å². The Bertz CT molecular complexity index is 543. The van der Waals surface area contributed by atoms with Crippen molar-refractivity contribution in [2.75, 3.05) is 32.7 Å². The first-order chi connectivity index (χ1) is 10.2. The molecule has 0 saturated carbocycles. The molecule has 0 spiro atoms. The van der Waals surface area contributed by atoms with Crippen LogP contribution in [0.4, 0.5) is 0 Å². The first kappa shape index (κ1) is 13.7. The molecule has 3 atom stereocenters. The number of nitrogens with one attached hydrogen (secondary N) is 1. The Morgan fingerprint density at radius 1 is 1.48 bits per heavy atom. The maximum atomic E-state index is 12.6. The molecule has 3 unspecified atom stereocenters. The molecule has 2 fully saturated rings. The van der Waals surface area contributed by atoms with E-state index in [9.17, 15) is 4.79 Å². The molecular formula is C16H23N3OS. The lowest BCUT2D eigenvalue weighted by Crippen LogP contribution is -2.44. The van der Waals surface area contributed by atoms with Crippen molar-refractivity contribution in [1.29, 1.82) is 0 Å². The molecule has 4 heterocycles. The molecule has 1 amide bonds. The number of carbonyl (C=O) groups is 1. The standard InChI is InChI=1S/C16H23N3OS/c1-11-14-7-17-6-13(14)9-19(11)10-16(20)18-4-2-15-12(8-18)3-5-21-15/h3,5,11,13-14,17H,2,4,6-10H2,1H3. The number of nitrogens with zero attached hydrogens (tertiary/aromatic N) is 2. The summed E-state index contributed by atoms with van der Waals surface area (Å²) in [4.78, 5) is 18.5. The third kappa shape index (κ3) is 2.41. The van der Waals surface area contributed by atoms with E-state index in [0.29, 0.717) is 18.5 Å². The molecule has 1 aromatic heterocycles. The van der Waals surface area contributed by atoms with E-state index in [1.165, 1.54) is 10.4 Å². The molecular weight excluding hydrogens is 282 g/mol. The topological polar surface area (TPSA) is 35.6 Å². The molecule has 4 nitrogen and oxygen atoms in total. The monoisotopic (exact) mass is 305 g/mol. The molecule has 1 aromatic rings. The van der Waals surface area contributed by atoms with Crippen LogP contribution in [-0.2, 0) is 17.8 Å². The Morgan fingerprint density at radius 3 is 3.24 bits per heavy atom. The predicted octanol–water partition coefficient (Wildman–Crippen LogP) is 1.17. The van der Waals surface area contributed by atoms with E-state index in [0.717, 1.165) is 51.0 Å². The fourth-order valence-corrected chi connectivity index (χ4v) is 5.09. The number of amides is 1. The Hall–Kier alpha value is -0.910. The number of carbonyl (C=O) groups excluding carboxylic acids is 1. The highest BCUT2D eigenvalue weighted by Gasteiger charge is 2.42. The number of hydrogen-bond donors (Lipinski definition) is 1. The van der Waals surface area contributed by atoms with Crippen molar-refractivity contribution in [3.8, 4) is 0 Å². The van der Waals surface area contributed by atoms with E-state index >= 15 is 0 Å². The van der Waals surface area contributed by atoms with Crippen LogP contribution in [0.1, 0.15) is 17.4 Å². The summed E-state index contributed by atoms with van der Waals surface area (Å²) in [6.07, 6.45) is 1.03. The van der Waals surface area contributed by atoms with E-state index in [4.69, 9.17) is 0 Å². The second kappa shape index (κ2) is 5.38. The van der Waals surface area contributed by atoms with Crippen molar-refractivity contribution in [3.05, 3.63) is 21.9 Å². The summed E-state index contributed by atoms with van der Waals surface area (Å²) in [5, 5.41) is 5.63. The van der Waals surface area contributed by atoms with Crippen LogP contribution in [0.3, 0.4) is 0 Å². The van der Waals surface area contributed by atoms with Gasteiger partial charge in [0.15, 0.2) is 0 Å². The number of fused-ring (bicyclic) bond motifs is 2. The van der Waals surface area contributed by atoms with E-state index in [1.54, 1.807) is 0 Å². The minimum atomic E-state index is 0.312. The third-order valence-electron chi connectivity index (χ3n) is 5.56. The summed E-state index contributed by atoms with van der Waals surface area (Å²) in [5.74, 6) is 1.80. The van der Waals surface area contributed by atoms with Gasteiger partial charge in [0.1, 0.15) is 0 Å². The highest BCUT2D eigenvalue weighted by atomic mass is 32.1. The summed E-state index contributed by atoms with van der Waals surface area (Å²) in [7, 11) is 0. The molecule has 1 N–H and O–H groups in total. The van der Waals surface area contributed by atoms with Crippen molar-refractivity contribution in [3.63, 3.8) is 0 Å². The third-order valence-corrected chi connectivity index (χ3v) is 6.58. The Balaban J connectivity index is 1.38. The number of thiophene rings is 1. The highest BCUT2D eigenvalue weighted by molar-refractivity contribution is 7.10. The molecule has 114 valence electrons. The van der Waals surface area contributed by atoms with Gasteiger partial charge in [-0.05, 0) is 55.3 Å². The molecule has 0 aromatic carbocycles. The lowest BCUT2D eigenvalue weighted by atomic mass is 9.95. The average molecular weight is 305 g/mol. The summed E-state index contributed by atoms with van der Waals surface area (Å²) in [6.45, 7) is 7.94. The van der Waals surface area contributed by atoms with Gasteiger partial charge in [0.2, 0.25) is 5.91 Å². The van der Waals surface area contributed by atoms with Gasteiger partial charge in [0.05, 0.1) is 6.54 Å². The number of hydrogen-bond acceptors (Lipinski definition) is 4. The van der Waals surface area contributed by atoms with Crippen LogP contribution in [-0.4, -0.2) is 54.5 Å². The summed E-state index contributed by atoms with van der Waals surface area (Å²) in [6, 6.07) is 2.71. The molecule has 5 heteroatoms. The van der Waals surface area contributed by atoms with Crippen molar-refractivity contribution in [2.45, 2.75) is 25.9 Å². The highest BCUT2D eigenvalue weighted by Crippen LogP contribution is 2.32. The Labute approximate surface area is 130 Å². The largest absolute Gasteiger partial charge is 0.337 e. The molecule has 4 rings (SSSR count). The van der Waals surface area contributed by atoms with Crippen molar-refractivity contribution >= 4 is 17.2 Å². The number of rotatable bonds is 2. The van der Waals surface area contributed by atoms with Gasteiger partial charge in [0, 0.05) is 30.6 Å². The second-order valence-electron chi connectivity index (χ2n) is 6.69. The number of likely N-dealkylation sites (tertiary alicyclic amines) is 1. The van der Waals surface area contributed by atoms with E-state index in [1.807, 2.05) is 16.2 Å². The zero-order valence-corrected chi connectivity index (χ0v) is 13.4. The minimum absolute atomic E-state index is 0.312. The van der Waals surface area contributed by atoms with Gasteiger partial charge in [-0.15, -0.1) is 11.3 Å². The summed E-state index contributed by atoms with van der Waals surface area (Å²) < 4.78 is 0. The van der Waals surface area contributed by atoms with Gasteiger partial charge < -0.3 is 10.2 Å². The summed E-state index contributed by atoms with van der Waals surface area (Å²) >= 11 is 1.83. The lowest BCUT2D eigenvalue weighted by molar-refractivity contribution is -0.133. The first-order valence-electron chi connectivity index (χ1n) is 8.00. The lowest BCUT2D eigenvalue weighted by Gasteiger charge is -2.30. The van der Waals surface area contributed by atoms with Crippen LogP contribution in [0.15, 0.2) is 11.4 Å². The van der Waals surface area contributed by atoms with Crippen LogP contribution < -0.4 is 5.32 Å². The fraction of sp³-hybridized carbons (Fsp3) is 0.688. The van der Waals surface area contributed by atoms with E-state index in [2.05, 4.69) is 28.6 Å². The zero-order valence-electron chi connectivity index (χ0n) is 12.5. The zero-order chi connectivity index (χ0) is 14.4. The first-order valence-corrected chi connectivity index (χ1v) is 8.88. The van der Waals surface area contributed by atoms with E-state index in [-0.39, 0.29) is 0 Å². The molecule has 0 bridgehead atoms. The van der Waals surface area contributed by atoms with Crippen LogP contribution >= 0.6 is 11.3 Å². The quantitative estimate of drug-likeness (QED) is 0.891. The average Bonchev–Trinajstić information content (AvgIpc) is 3.17. The maximum absolute atomic E-state index is 12.6. The summed E-state index contributed by atoms with van der Waals surface area (Å²) in [5.41, 5.74) is 1.36. The van der Waals surface area contributed by atoms with Crippen molar-refractivity contribution < 1.29 is 4.79 Å². The maximum Gasteiger partial charge on any atom is 0.237 e.